The molecule has 0 radical (unpaired) electrons. The van der Waals surface area contributed by atoms with Gasteiger partial charge in [-0.25, -0.2) is 19.0 Å². The molecule has 0 bridgehead atoms. The SMILES string of the molecule is O=C(CSc1ncnc2c1cnn2-c1ccc(F)cc1)Nc1ccc(OC(F)(F)F)cc1. The van der Waals surface area contributed by atoms with E-state index in [0.717, 1.165) is 23.9 Å². The highest BCUT2D eigenvalue weighted by Crippen LogP contribution is 2.27. The summed E-state index contributed by atoms with van der Waals surface area (Å²) >= 11 is 1.15. The first-order chi connectivity index (χ1) is 15.3. The van der Waals surface area contributed by atoms with Gasteiger partial charge in [-0.2, -0.15) is 5.10 Å². The predicted molar refractivity (Wildman–Crippen MR) is 109 cm³/mol. The summed E-state index contributed by atoms with van der Waals surface area (Å²) in [5, 5.41) is 8.00. The number of nitrogens with zero attached hydrogens (tertiary/aromatic N) is 4. The maximum atomic E-state index is 13.2. The number of carbonyl (C=O) groups is 1. The molecule has 2 aromatic heterocycles. The fraction of sp³-hybridized carbons (Fsp3) is 0.100. The number of thioether (sulfide) groups is 1. The number of ether oxygens (including phenoxy) is 1. The lowest BCUT2D eigenvalue weighted by molar-refractivity contribution is -0.274. The maximum Gasteiger partial charge on any atom is 0.573 e. The van der Waals surface area contributed by atoms with Gasteiger partial charge in [0.25, 0.3) is 0 Å². The van der Waals surface area contributed by atoms with Crippen LogP contribution in [-0.4, -0.2) is 37.8 Å². The Morgan fingerprint density at radius 3 is 2.47 bits per heavy atom. The molecule has 12 heteroatoms. The topological polar surface area (TPSA) is 81.9 Å². The fourth-order valence-corrected chi connectivity index (χ4v) is 3.54. The van der Waals surface area contributed by atoms with Gasteiger partial charge in [-0.1, -0.05) is 11.8 Å². The minimum absolute atomic E-state index is 0.00531. The molecule has 0 fully saturated rings. The summed E-state index contributed by atoms with van der Waals surface area (Å²) in [5.41, 5.74) is 1.43. The van der Waals surface area contributed by atoms with E-state index in [2.05, 4.69) is 25.1 Å². The molecular weight excluding hydrogens is 450 g/mol. The molecule has 0 saturated heterocycles. The first kappa shape index (κ1) is 21.6. The molecule has 0 spiro atoms. The van der Waals surface area contributed by atoms with Gasteiger partial charge < -0.3 is 10.1 Å². The molecule has 7 nitrogen and oxygen atoms in total. The molecule has 164 valence electrons. The number of amides is 1. The second-order valence-electron chi connectivity index (χ2n) is 6.36. The Labute approximate surface area is 182 Å². The third-order valence-corrected chi connectivity index (χ3v) is 5.12. The highest BCUT2D eigenvalue weighted by Gasteiger charge is 2.31. The number of anilines is 1. The van der Waals surface area contributed by atoms with E-state index < -0.39 is 6.36 Å². The van der Waals surface area contributed by atoms with E-state index in [4.69, 9.17) is 0 Å². The molecule has 32 heavy (non-hydrogen) atoms. The van der Waals surface area contributed by atoms with E-state index in [1.807, 2.05) is 0 Å². The Kier molecular flexibility index (Phi) is 5.95. The third-order valence-electron chi connectivity index (χ3n) is 4.11. The van der Waals surface area contributed by atoms with Crippen molar-refractivity contribution < 1.29 is 27.1 Å². The van der Waals surface area contributed by atoms with Crippen LogP contribution in [0.2, 0.25) is 0 Å². The van der Waals surface area contributed by atoms with Crippen LogP contribution in [0.25, 0.3) is 16.7 Å². The van der Waals surface area contributed by atoms with Gasteiger partial charge in [-0.3, -0.25) is 4.79 Å². The van der Waals surface area contributed by atoms with Gasteiger partial charge in [0.15, 0.2) is 5.65 Å². The fourth-order valence-electron chi connectivity index (χ4n) is 2.78. The number of nitrogens with one attached hydrogen (secondary N) is 1. The number of hydrogen-bond donors (Lipinski definition) is 1. The predicted octanol–water partition coefficient (Wildman–Crippen LogP) is 4.58. The number of hydrogen-bond acceptors (Lipinski definition) is 6. The van der Waals surface area contributed by atoms with Crippen LogP contribution in [0.15, 0.2) is 66.1 Å². The average molecular weight is 463 g/mol. The van der Waals surface area contributed by atoms with Crippen molar-refractivity contribution in [2.45, 2.75) is 11.4 Å². The summed E-state index contributed by atoms with van der Waals surface area (Å²) in [6.07, 6.45) is -1.89. The van der Waals surface area contributed by atoms with E-state index >= 15 is 0 Å². The lowest BCUT2D eigenvalue weighted by Crippen LogP contribution is -2.17. The van der Waals surface area contributed by atoms with Crippen molar-refractivity contribution >= 4 is 34.4 Å². The van der Waals surface area contributed by atoms with E-state index in [0.29, 0.717) is 27.4 Å². The second-order valence-corrected chi connectivity index (χ2v) is 7.32. The van der Waals surface area contributed by atoms with Crippen LogP contribution in [0.4, 0.5) is 23.2 Å². The first-order valence-electron chi connectivity index (χ1n) is 9.02. The summed E-state index contributed by atoms with van der Waals surface area (Å²) in [7, 11) is 0. The lowest BCUT2D eigenvalue weighted by Gasteiger charge is -2.10. The zero-order chi connectivity index (χ0) is 22.7. The van der Waals surface area contributed by atoms with Crippen LogP contribution in [0.3, 0.4) is 0 Å². The van der Waals surface area contributed by atoms with Crippen molar-refractivity contribution in [3.8, 4) is 11.4 Å². The summed E-state index contributed by atoms with van der Waals surface area (Å²) in [6.45, 7) is 0. The minimum atomic E-state index is -4.78. The Hall–Kier alpha value is -3.67. The summed E-state index contributed by atoms with van der Waals surface area (Å²) < 4.78 is 55.1. The van der Waals surface area contributed by atoms with Crippen molar-refractivity contribution in [1.82, 2.24) is 19.7 Å². The summed E-state index contributed by atoms with van der Waals surface area (Å²) in [5.74, 6) is -1.14. The Bertz CT molecular complexity index is 1240. The normalized spacial score (nSPS) is 11.5. The number of fused-ring (bicyclic) bond motifs is 1. The molecule has 2 heterocycles. The number of alkyl halides is 3. The smallest absolute Gasteiger partial charge is 0.406 e. The Morgan fingerprint density at radius 2 is 1.78 bits per heavy atom. The third kappa shape index (κ3) is 5.14. The van der Waals surface area contributed by atoms with E-state index in [1.165, 1.54) is 35.3 Å². The molecule has 0 aliphatic heterocycles. The lowest BCUT2D eigenvalue weighted by atomic mass is 10.3. The van der Waals surface area contributed by atoms with Crippen LogP contribution in [0, 0.1) is 5.82 Å². The molecule has 4 rings (SSSR count). The van der Waals surface area contributed by atoms with Gasteiger partial charge in [-0.15, -0.1) is 13.2 Å². The Balaban J connectivity index is 1.42. The number of carbonyl (C=O) groups excluding carboxylic acids is 1. The monoisotopic (exact) mass is 463 g/mol. The van der Waals surface area contributed by atoms with Crippen molar-refractivity contribution in [1.29, 1.82) is 0 Å². The Morgan fingerprint density at radius 1 is 1.06 bits per heavy atom. The minimum Gasteiger partial charge on any atom is -0.406 e. The number of aromatic nitrogens is 4. The van der Waals surface area contributed by atoms with Crippen LogP contribution in [-0.2, 0) is 4.79 Å². The van der Waals surface area contributed by atoms with Gasteiger partial charge in [0.05, 0.1) is 23.0 Å². The van der Waals surface area contributed by atoms with Crippen molar-refractivity contribution in [2.24, 2.45) is 0 Å². The molecule has 0 saturated carbocycles. The first-order valence-corrected chi connectivity index (χ1v) is 10.0. The van der Waals surface area contributed by atoms with Crippen LogP contribution >= 0.6 is 11.8 Å². The van der Waals surface area contributed by atoms with Crippen LogP contribution in [0.1, 0.15) is 0 Å². The molecule has 1 amide bonds. The number of benzene rings is 2. The standard InChI is InChI=1S/C20H13F4N5O2S/c21-12-1-5-14(6-2-12)29-18-16(9-27-29)19(26-11-25-18)32-10-17(30)28-13-3-7-15(8-4-13)31-20(22,23)24/h1-9,11H,10H2,(H,28,30). The molecular formula is C20H13F4N5O2S. The van der Waals surface area contributed by atoms with Gasteiger partial charge in [0.1, 0.15) is 22.9 Å². The average Bonchev–Trinajstić information content (AvgIpc) is 3.18. The number of halogens is 4. The highest BCUT2D eigenvalue weighted by molar-refractivity contribution is 8.00. The largest absolute Gasteiger partial charge is 0.573 e. The molecule has 4 aromatic rings. The quantitative estimate of drug-likeness (QED) is 0.256. The van der Waals surface area contributed by atoms with Crippen molar-refractivity contribution in [3.63, 3.8) is 0 Å². The van der Waals surface area contributed by atoms with Gasteiger partial charge in [-0.05, 0) is 48.5 Å². The van der Waals surface area contributed by atoms with Gasteiger partial charge in [0.2, 0.25) is 5.91 Å². The number of rotatable bonds is 6. The van der Waals surface area contributed by atoms with Gasteiger partial charge in [0, 0.05) is 5.69 Å². The summed E-state index contributed by atoms with van der Waals surface area (Å²) in [6, 6.07) is 10.6. The highest BCUT2D eigenvalue weighted by atomic mass is 32.2. The molecule has 1 N–H and O–H groups in total. The van der Waals surface area contributed by atoms with Crippen LogP contribution < -0.4 is 10.1 Å². The zero-order valence-electron chi connectivity index (χ0n) is 16.0. The van der Waals surface area contributed by atoms with Gasteiger partial charge >= 0.3 is 6.36 Å². The molecule has 0 unspecified atom stereocenters. The molecule has 0 aliphatic carbocycles. The molecule has 0 atom stereocenters. The van der Waals surface area contributed by atoms with Crippen molar-refractivity contribution in [3.05, 3.63) is 66.9 Å². The van der Waals surface area contributed by atoms with Crippen LogP contribution in [0.5, 0.6) is 5.75 Å². The second kappa shape index (κ2) is 8.83. The molecule has 0 aliphatic rings. The van der Waals surface area contributed by atoms with Crippen molar-refractivity contribution in [2.75, 3.05) is 11.1 Å². The van der Waals surface area contributed by atoms with E-state index in [9.17, 15) is 22.4 Å². The van der Waals surface area contributed by atoms with E-state index in [-0.39, 0.29) is 23.2 Å². The summed E-state index contributed by atoms with van der Waals surface area (Å²) in [4.78, 5) is 20.7. The maximum absolute atomic E-state index is 13.2. The zero-order valence-corrected chi connectivity index (χ0v) is 16.8. The molecule has 2 aromatic carbocycles. The van der Waals surface area contributed by atoms with E-state index in [1.54, 1.807) is 18.3 Å².